The minimum Gasteiger partial charge on any atom is -0.346 e. The maximum atomic E-state index is 13.2. The van der Waals surface area contributed by atoms with Crippen molar-refractivity contribution < 1.29 is 18.0 Å². The highest BCUT2D eigenvalue weighted by Crippen LogP contribution is 2.34. The van der Waals surface area contributed by atoms with E-state index in [-0.39, 0.29) is 27.9 Å². The van der Waals surface area contributed by atoms with Gasteiger partial charge in [-0.2, -0.15) is 18.4 Å². The van der Waals surface area contributed by atoms with Crippen LogP contribution < -0.4 is 10.9 Å². The Morgan fingerprint density at radius 1 is 1.31 bits per heavy atom. The molecule has 0 aliphatic carbocycles. The summed E-state index contributed by atoms with van der Waals surface area (Å²) < 4.78 is 39.7. The number of aromatic nitrogens is 3. The molecule has 29 heavy (non-hydrogen) atoms. The Morgan fingerprint density at radius 2 is 2.00 bits per heavy atom. The molecule has 2 aromatic heterocycles. The molecule has 0 saturated heterocycles. The first kappa shape index (κ1) is 20.0. The number of carbonyl (C=O) groups excluding carboxylic acids is 1. The normalized spacial score (nSPS) is 12.4. The largest absolute Gasteiger partial charge is 0.417 e. The van der Waals surface area contributed by atoms with Gasteiger partial charge in [-0.1, -0.05) is 6.07 Å². The van der Waals surface area contributed by atoms with E-state index in [1.54, 1.807) is 6.92 Å². The highest BCUT2D eigenvalue weighted by molar-refractivity contribution is 5.85. The standard InChI is InChI=1S/C19H14F3N5O2/c1-10(17-24-8-11(7-23)9-25-17)26-16(28)6-12-5-13-14(19(20,21)22)3-2-4-15(13)27-18(12)29/h2-5,8-10H,6H2,1H3,(H,26,28)(H,27,29)/t10-/m0/s1. The van der Waals surface area contributed by atoms with E-state index < -0.39 is 35.7 Å². The Balaban J connectivity index is 1.83. The molecule has 10 heteroatoms. The molecule has 3 rings (SSSR count). The van der Waals surface area contributed by atoms with E-state index in [9.17, 15) is 22.8 Å². The molecule has 0 radical (unpaired) electrons. The van der Waals surface area contributed by atoms with Crippen molar-refractivity contribution in [2.45, 2.75) is 25.6 Å². The van der Waals surface area contributed by atoms with E-state index in [4.69, 9.17) is 5.26 Å². The zero-order valence-electron chi connectivity index (χ0n) is 15.0. The van der Waals surface area contributed by atoms with Crippen molar-refractivity contribution in [2.24, 2.45) is 0 Å². The Bertz CT molecular complexity index is 1160. The number of pyridine rings is 1. The number of rotatable bonds is 4. The zero-order chi connectivity index (χ0) is 21.2. The zero-order valence-corrected chi connectivity index (χ0v) is 15.0. The van der Waals surface area contributed by atoms with E-state index in [1.807, 2.05) is 6.07 Å². The second-order valence-electron chi connectivity index (χ2n) is 6.30. The molecule has 1 atom stereocenters. The first-order valence-corrected chi connectivity index (χ1v) is 8.42. The number of aromatic amines is 1. The summed E-state index contributed by atoms with van der Waals surface area (Å²) in [4.78, 5) is 34.8. The van der Waals surface area contributed by atoms with Crippen LogP contribution in [-0.4, -0.2) is 20.9 Å². The van der Waals surface area contributed by atoms with Gasteiger partial charge in [0.2, 0.25) is 5.91 Å². The second-order valence-corrected chi connectivity index (χ2v) is 6.30. The van der Waals surface area contributed by atoms with E-state index in [0.29, 0.717) is 0 Å². The lowest BCUT2D eigenvalue weighted by Crippen LogP contribution is -2.31. The van der Waals surface area contributed by atoms with E-state index in [2.05, 4.69) is 20.3 Å². The Morgan fingerprint density at radius 3 is 2.62 bits per heavy atom. The average Bonchev–Trinajstić information content (AvgIpc) is 2.67. The summed E-state index contributed by atoms with van der Waals surface area (Å²) in [5.74, 6) is -0.330. The lowest BCUT2D eigenvalue weighted by atomic mass is 10.0. The number of amides is 1. The molecular formula is C19H14F3N5O2. The number of benzene rings is 1. The first-order valence-electron chi connectivity index (χ1n) is 8.42. The Hall–Kier alpha value is -3.74. The van der Waals surface area contributed by atoms with Gasteiger partial charge in [-0.3, -0.25) is 9.59 Å². The molecule has 0 bridgehead atoms. The van der Waals surface area contributed by atoms with Gasteiger partial charge in [-0.05, 0) is 25.1 Å². The van der Waals surface area contributed by atoms with Crippen LogP contribution in [0.5, 0.6) is 0 Å². The van der Waals surface area contributed by atoms with Crippen LogP contribution in [-0.2, 0) is 17.4 Å². The Labute approximate surface area is 162 Å². The number of hydrogen-bond donors (Lipinski definition) is 2. The predicted octanol–water partition coefficient (Wildman–Crippen LogP) is 2.63. The fourth-order valence-corrected chi connectivity index (χ4v) is 2.80. The van der Waals surface area contributed by atoms with Crippen molar-refractivity contribution in [3.05, 3.63) is 69.5 Å². The van der Waals surface area contributed by atoms with Crippen LogP contribution in [0.2, 0.25) is 0 Å². The monoisotopic (exact) mass is 401 g/mol. The van der Waals surface area contributed by atoms with Gasteiger partial charge in [0.25, 0.3) is 5.56 Å². The predicted molar refractivity (Wildman–Crippen MR) is 96.6 cm³/mol. The number of halogens is 3. The highest BCUT2D eigenvalue weighted by atomic mass is 19.4. The number of fused-ring (bicyclic) bond motifs is 1. The first-order chi connectivity index (χ1) is 13.7. The van der Waals surface area contributed by atoms with Crippen molar-refractivity contribution in [3.8, 4) is 6.07 Å². The molecule has 1 amide bonds. The number of carbonyl (C=O) groups is 1. The molecule has 0 saturated carbocycles. The highest BCUT2D eigenvalue weighted by Gasteiger charge is 2.32. The van der Waals surface area contributed by atoms with Gasteiger partial charge in [0.15, 0.2) is 0 Å². The maximum Gasteiger partial charge on any atom is 0.417 e. The Kier molecular flexibility index (Phi) is 5.32. The van der Waals surface area contributed by atoms with Crippen molar-refractivity contribution in [3.63, 3.8) is 0 Å². The van der Waals surface area contributed by atoms with Gasteiger partial charge in [-0.25, -0.2) is 9.97 Å². The van der Waals surface area contributed by atoms with E-state index in [1.165, 1.54) is 24.5 Å². The topological polar surface area (TPSA) is 112 Å². The molecule has 2 N–H and O–H groups in total. The van der Waals surface area contributed by atoms with E-state index in [0.717, 1.165) is 12.1 Å². The summed E-state index contributed by atoms with van der Waals surface area (Å²) in [6.45, 7) is 1.60. The second kappa shape index (κ2) is 7.71. The molecule has 0 aliphatic rings. The minimum absolute atomic E-state index is 0.0355. The fourth-order valence-electron chi connectivity index (χ4n) is 2.80. The summed E-state index contributed by atoms with van der Waals surface area (Å²) in [6.07, 6.45) is -2.41. The van der Waals surface area contributed by atoms with Crippen molar-refractivity contribution in [1.29, 1.82) is 5.26 Å². The van der Waals surface area contributed by atoms with Crippen molar-refractivity contribution in [1.82, 2.24) is 20.3 Å². The summed E-state index contributed by atoms with van der Waals surface area (Å²) in [7, 11) is 0. The third-order valence-corrected chi connectivity index (χ3v) is 4.19. The minimum atomic E-state index is -4.60. The van der Waals surface area contributed by atoms with Crippen molar-refractivity contribution >= 4 is 16.8 Å². The maximum absolute atomic E-state index is 13.2. The van der Waals surface area contributed by atoms with Gasteiger partial charge in [0.05, 0.1) is 23.6 Å². The third-order valence-electron chi connectivity index (χ3n) is 4.19. The molecule has 0 unspecified atom stereocenters. The number of nitrogens with zero attached hydrogens (tertiary/aromatic N) is 3. The van der Waals surface area contributed by atoms with Crippen LogP contribution in [0.4, 0.5) is 13.2 Å². The van der Waals surface area contributed by atoms with Gasteiger partial charge in [0.1, 0.15) is 11.9 Å². The molecule has 7 nitrogen and oxygen atoms in total. The molecule has 2 heterocycles. The van der Waals surface area contributed by atoms with Crippen LogP contribution in [0, 0.1) is 11.3 Å². The lowest BCUT2D eigenvalue weighted by molar-refractivity contribution is -0.136. The molecule has 0 spiro atoms. The smallest absolute Gasteiger partial charge is 0.346 e. The third kappa shape index (κ3) is 4.40. The van der Waals surface area contributed by atoms with Crippen LogP contribution in [0.3, 0.4) is 0 Å². The van der Waals surface area contributed by atoms with Gasteiger partial charge in [0, 0.05) is 28.9 Å². The van der Waals surface area contributed by atoms with E-state index >= 15 is 0 Å². The van der Waals surface area contributed by atoms with Gasteiger partial charge < -0.3 is 10.3 Å². The van der Waals surface area contributed by atoms with Crippen LogP contribution in [0.1, 0.15) is 35.5 Å². The fraction of sp³-hybridized carbons (Fsp3) is 0.211. The van der Waals surface area contributed by atoms with Crippen molar-refractivity contribution in [2.75, 3.05) is 0 Å². The summed E-state index contributed by atoms with van der Waals surface area (Å²) in [5, 5.41) is 11.1. The van der Waals surface area contributed by atoms with Gasteiger partial charge in [-0.15, -0.1) is 0 Å². The summed E-state index contributed by atoms with van der Waals surface area (Å²) in [5.41, 5.74) is -1.34. The van der Waals surface area contributed by atoms with Crippen LogP contribution >= 0.6 is 0 Å². The number of nitriles is 1. The molecule has 1 aromatic carbocycles. The summed E-state index contributed by atoms with van der Waals surface area (Å²) >= 11 is 0. The number of H-pyrrole nitrogens is 1. The number of nitrogens with one attached hydrogen (secondary N) is 2. The average molecular weight is 401 g/mol. The van der Waals surface area contributed by atoms with Crippen LogP contribution in [0.15, 0.2) is 41.5 Å². The van der Waals surface area contributed by atoms with Gasteiger partial charge >= 0.3 is 6.18 Å². The lowest BCUT2D eigenvalue weighted by Gasteiger charge is -2.13. The molecule has 148 valence electrons. The molecule has 0 fully saturated rings. The van der Waals surface area contributed by atoms with Crippen LogP contribution in [0.25, 0.3) is 10.9 Å². The SMILES string of the molecule is C[C@H](NC(=O)Cc1cc2c(C(F)(F)F)cccc2[nH]c1=O)c1ncc(C#N)cn1. The molecular weight excluding hydrogens is 387 g/mol. The molecule has 0 aliphatic heterocycles. The number of alkyl halides is 3. The quantitative estimate of drug-likeness (QED) is 0.698. The summed E-state index contributed by atoms with van der Waals surface area (Å²) in [6, 6.07) is 5.80. The number of hydrogen-bond acceptors (Lipinski definition) is 5. The molecule has 3 aromatic rings.